The summed E-state index contributed by atoms with van der Waals surface area (Å²) in [7, 11) is 0. The summed E-state index contributed by atoms with van der Waals surface area (Å²) in [5.41, 5.74) is 4.41. The molecule has 0 amide bonds. The molecule has 0 bridgehead atoms. The second kappa shape index (κ2) is 8.17. The second-order valence-electron chi connectivity index (χ2n) is 8.50. The minimum atomic E-state index is -0.358. The first-order valence-corrected chi connectivity index (χ1v) is 10.8. The zero-order chi connectivity index (χ0) is 20.5. The molecule has 0 unspecified atom stereocenters. The fraction of sp³-hybridized carbons (Fsp3) is 0.360. The molecule has 0 aliphatic carbocycles. The Morgan fingerprint density at radius 2 is 1.80 bits per heavy atom. The van der Waals surface area contributed by atoms with E-state index in [1.54, 1.807) is 0 Å². The Balaban J connectivity index is 1.19. The van der Waals surface area contributed by atoms with Gasteiger partial charge < -0.3 is 9.67 Å². The second-order valence-corrected chi connectivity index (χ2v) is 8.50. The van der Waals surface area contributed by atoms with E-state index < -0.39 is 0 Å². The molecular weight excluding hydrogens is 374 g/mol. The van der Waals surface area contributed by atoms with Gasteiger partial charge in [-0.25, -0.2) is 4.98 Å². The smallest absolute Gasteiger partial charge is 0.176 e. The van der Waals surface area contributed by atoms with Gasteiger partial charge in [-0.3, -0.25) is 9.69 Å². The van der Waals surface area contributed by atoms with Gasteiger partial charge in [0, 0.05) is 11.1 Å². The Morgan fingerprint density at radius 3 is 2.60 bits per heavy atom. The number of hydrogen-bond donors (Lipinski definition) is 1. The van der Waals surface area contributed by atoms with Gasteiger partial charge >= 0.3 is 0 Å². The highest BCUT2D eigenvalue weighted by Gasteiger charge is 2.33. The number of rotatable bonds is 6. The standard InChI is InChI=1S/C25H27N3O2/c29-24(14-22-20-8-4-5-9-21(20)23-15-26-17-28(22)23)19-10-12-27(13-11-19)16-25(30)18-6-2-1-3-7-18/h1-9,15,17,19,22,24,29H,10-14,16H2/t22-,24-/m1/s1. The number of aliphatic hydroxyl groups excluding tert-OH is 1. The number of benzene rings is 2. The van der Waals surface area contributed by atoms with Crippen molar-refractivity contribution in [1.29, 1.82) is 0 Å². The molecule has 1 N–H and O–H groups in total. The van der Waals surface area contributed by atoms with E-state index in [1.165, 1.54) is 11.1 Å². The first-order chi connectivity index (χ1) is 14.7. The lowest BCUT2D eigenvalue weighted by molar-refractivity contribution is 0.0462. The molecule has 3 aromatic rings. The predicted octanol–water partition coefficient (Wildman–Crippen LogP) is 3.80. The zero-order valence-electron chi connectivity index (χ0n) is 17.0. The van der Waals surface area contributed by atoms with Crippen molar-refractivity contribution in [2.24, 2.45) is 5.92 Å². The number of carbonyl (C=O) groups is 1. The summed E-state index contributed by atoms with van der Waals surface area (Å²) in [6.45, 7) is 2.18. The first-order valence-electron chi connectivity index (χ1n) is 10.8. The van der Waals surface area contributed by atoms with E-state index in [0.717, 1.165) is 37.2 Å². The molecule has 1 saturated heterocycles. The molecule has 3 heterocycles. The van der Waals surface area contributed by atoms with Crippen LogP contribution in [0.25, 0.3) is 11.3 Å². The summed E-state index contributed by atoms with van der Waals surface area (Å²) in [6, 6.07) is 18.1. The normalized spacial score (nSPS) is 20.0. The number of likely N-dealkylation sites (tertiary alicyclic amines) is 1. The van der Waals surface area contributed by atoms with Crippen LogP contribution in [0.15, 0.2) is 67.1 Å². The van der Waals surface area contributed by atoms with E-state index in [2.05, 4.69) is 38.7 Å². The van der Waals surface area contributed by atoms with Gasteiger partial charge in [-0.05, 0) is 43.8 Å². The van der Waals surface area contributed by atoms with Crippen LogP contribution in [-0.4, -0.2) is 51.1 Å². The van der Waals surface area contributed by atoms with E-state index in [-0.39, 0.29) is 23.8 Å². The van der Waals surface area contributed by atoms with Crippen LogP contribution in [-0.2, 0) is 0 Å². The molecule has 5 rings (SSSR count). The number of aliphatic hydroxyl groups is 1. The van der Waals surface area contributed by atoms with Gasteiger partial charge in [0.15, 0.2) is 5.78 Å². The Labute approximate surface area is 177 Å². The van der Waals surface area contributed by atoms with Crippen LogP contribution in [0, 0.1) is 5.92 Å². The number of ketones is 1. The summed E-state index contributed by atoms with van der Waals surface area (Å²) < 4.78 is 2.20. The fourth-order valence-corrected chi connectivity index (χ4v) is 5.01. The van der Waals surface area contributed by atoms with Crippen molar-refractivity contribution in [2.45, 2.75) is 31.4 Å². The largest absolute Gasteiger partial charge is 0.393 e. The molecule has 2 atom stereocenters. The van der Waals surface area contributed by atoms with Gasteiger partial charge in [0.25, 0.3) is 0 Å². The maximum atomic E-state index is 12.5. The Kier molecular flexibility index (Phi) is 5.23. The van der Waals surface area contributed by atoms with Gasteiger partial charge in [0.05, 0.1) is 36.9 Å². The van der Waals surface area contributed by atoms with Gasteiger partial charge in [-0.1, -0.05) is 54.6 Å². The highest BCUT2D eigenvalue weighted by Crippen LogP contribution is 2.42. The van der Waals surface area contributed by atoms with Crippen LogP contribution in [0.2, 0.25) is 0 Å². The molecule has 5 nitrogen and oxygen atoms in total. The van der Waals surface area contributed by atoms with Crippen molar-refractivity contribution in [1.82, 2.24) is 14.5 Å². The molecule has 0 spiro atoms. The lowest BCUT2D eigenvalue weighted by Crippen LogP contribution is -2.40. The third kappa shape index (κ3) is 3.59. The number of nitrogens with zero attached hydrogens (tertiary/aromatic N) is 3. The minimum absolute atomic E-state index is 0.145. The van der Waals surface area contributed by atoms with Gasteiger partial charge in [0.2, 0.25) is 0 Å². The van der Waals surface area contributed by atoms with Gasteiger partial charge in [0.1, 0.15) is 0 Å². The Morgan fingerprint density at radius 1 is 1.07 bits per heavy atom. The molecule has 154 valence electrons. The van der Waals surface area contributed by atoms with Crippen LogP contribution < -0.4 is 0 Å². The quantitative estimate of drug-likeness (QED) is 0.639. The molecular formula is C25H27N3O2. The van der Waals surface area contributed by atoms with Crippen molar-refractivity contribution >= 4 is 5.78 Å². The van der Waals surface area contributed by atoms with Crippen molar-refractivity contribution in [2.75, 3.05) is 19.6 Å². The average molecular weight is 402 g/mol. The topological polar surface area (TPSA) is 58.4 Å². The molecule has 2 aromatic carbocycles. The third-order valence-electron chi connectivity index (χ3n) is 6.70. The molecule has 2 aliphatic rings. The molecule has 0 saturated carbocycles. The van der Waals surface area contributed by atoms with E-state index in [1.807, 2.05) is 42.9 Å². The van der Waals surface area contributed by atoms with E-state index in [4.69, 9.17) is 0 Å². The molecule has 1 aromatic heterocycles. The van der Waals surface area contributed by atoms with Crippen molar-refractivity contribution < 1.29 is 9.90 Å². The summed E-state index contributed by atoms with van der Waals surface area (Å²) in [5.74, 6) is 0.442. The number of Topliss-reactive ketones (excluding diaryl/α,β-unsaturated/α-hetero) is 1. The SMILES string of the molecule is O=C(CN1CCC([C@H](O)C[C@@H]2c3ccccc3-c3cncn32)CC1)c1ccccc1. The number of fused-ring (bicyclic) bond motifs is 3. The van der Waals surface area contributed by atoms with Crippen LogP contribution in [0.4, 0.5) is 0 Å². The highest BCUT2D eigenvalue weighted by molar-refractivity contribution is 5.97. The molecule has 0 radical (unpaired) electrons. The molecule has 30 heavy (non-hydrogen) atoms. The summed E-state index contributed by atoms with van der Waals surface area (Å²) in [6.07, 6.45) is 5.98. The zero-order valence-corrected chi connectivity index (χ0v) is 17.0. The van der Waals surface area contributed by atoms with Crippen LogP contribution >= 0.6 is 0 Å². The van der Waals surface area contributed by atoms with Crippen LogP contribution in [0.3, 0.4) is 0 Å². The number of imidazole rings is 1. The van der Waals surface area contributed by atoms with E-state index >= 15 is 0 Å². The average Bonchev–Trinajstić information content (AvgIpc) is 3.37. The predicted molar refractivity (Wildman–Crippen MR) is 116 cm³/mol. The minimum Gasteiger partial charge on any atom is -0.393 e. The number of aromatic nitrogens is 2. The Bertz CT molecular complexity index is 1020. The molecule has 1 fully saturated rings. The van der Waals surface area contributed by atoms with E-state index in [9.17, 15) is 9.90 Å². The molecule has 2 aliphatic heterocycles. The third-order valence-corrected chi connectivity index (χ3v) is 6.70. The van der Waals surface area contributed by atoms with E-state index in [0.29, 0.717) is 13.0 Å². The molecule has 5 heteroatoms. The Hall–Kier alpha value is -2.76. The maximum Gasteiger partial charge on any atom is 0.176 e. The van der Waals surface area contributed by atoms with Gasteiger partial charge in [-0.15, -0.1) is 0 Å². The first kappa shape index (κ1) is 19.2. The van der Waals surface area contributed by atoms with Gasteiger partial charge in [-0.2, -0.15) is 0 Å². The highest BCUT2D eigenvalue weighted by atomic mass is 16.3. The lowest BCUT2D eigenvalue weighted by atomic mass is 9.86. The number of carbonyl (C=O) groups excluding carboxylic acids is 1. The lowest BCUT2D eigenvalue weighted by Gasteiger charge is -2.34. The summed E-state index contributed by atoms with van der Waals surface area (Å²) in [4.78, 5) is 19.0. The fourth-order valence-electron chi connectivity index (χ4n) is 5.01. The number of piperidine rings is 1. The summed E-state index contributed by atoms with van der Waals surface area (Å²) in [5, 5.41) is 11.0. The monoisotopic (exact) mass is 401 g/mol. The van der Waals surface area contributed by atoms with Crippen molar-refractivity contribution in [3.05, 3.63) is 78.2 Å². The van der Waals surface area contributed by atoms with Crippen LogP contribution in [0.1, 0.15) is 41.2 Å². The van der Waals surface area contributed by atoms with Crippen molar-refractivity contribution in [3.63, 3.8) is 0 Å². The maximum absolute atomic E-state index is 12.5. The van der Waals surface area contributed by atoms with Crippen molar-refractivity contribution in [3.8, 4) is 11.3 Å². The van der Waals surface area contributed by atoms with Crippen LogP contribution in [0.5, 0.6) is 0 Å². The number of hydrogen-bond acceptors (Lipinski definition) is 4. The summed E-state index contributed by atoms with van der Waals surface area (Å²) >= 11 is 0.